The second-order valence-electron chi connectivity index (χ2n) is 11.1. The van der Waals surface area contributed by atoms with Gasteiger partial charge in [-0.1, -0.05) is 68.3 Å². The van der Waals surface area contributed by atoms with Crippen LogP contribution in [0.15, 0.2) is 140 Å². The Bertz CT molecular complexity index is 2190. The van der Waals surface area contributed by atoms with Crippen molar-refractivity contribution >= 4 is 55.7 Å². The Kier molecular flexibility index (Phi) is 10.8. The Morgan fingerprint density at radius 3 is 1.65 bits per heavy atom. The third kappa shape index (κ3) is 7.98. The predicted octanol–water partition coefficient (Wildman–Crippen LogP) is 5.43. The summed E-state index contributed by atoms with van der Waals surface area (Å²) in [5, 5.41) is 0. The van der Waals surface area contributed by atoms with Crippen LogP contribution in [-0.4, -0.2) is 57.9 Å². The monoisotopic (exact) mass is 816 g/mol. The third-order valence-electron chi connectivity index (χ3n) is 7.83. The van der Waals surface area contributed by atoms with Crippen molar-refractivity contribution in [3.8, 4) is 0 Å². The Morgan fingerprint density at radius 1 is 0.608 bits per heavy atom. The average Bonchev–Trinajstić information content (AvgIpc) is 3.47. The number of hydrogen-bond acceptors (Lipinski definition) is 10. The van der Waals surface area contributed by atoms with E-state index in [1.54, 1.807) is 60.7 Å². The summed E-state index contributed by atoms with van der Waals surface area (Å²) in [4.78, 5) is 80.3. The van der Waals surface area contributed by atoms with Crippen molar-refractivity contribution in [2.24, 2.45) is 0 Å². The second kappa shape index (κ2) is 15.6. The molecule has 1 aromatic heterocycles. The molecule has 2 heterocycles. The van der Waals surface area contributed by atoms with Crippen molar-refractivity contribution in [3.05, 3.63) is 173 Å². The Hall–Kier alpha value is -5.44. The van der Waals surface area contributed by atoms with Crippen LogP contribution in [0.2, 0.25) is 0 Å². The zero-order chi connectivity index (χ0) is 36.1. The lowest BCUT2D eigenvalue weighted by atomic mass is 10.1. The van der Waals surface area contributed by atoms with Gasteiger partial charge in [0.15, 0.2) is 18.4 Å². The number of halogens is 2. The fourth-order valence-corrected chi connectivity index (χ4v) is 5.82. The van der Waals surface area contributed by atoms with Crippen LogP contribution in [0.4, 0.5) is 0 Å². The van der Waals surface area contributed by atoms with Crippen LogP contribution < -0.4 is 11.2 Å². The number of hydrogen-bond donors (Lipinski definition) is 0. The van der Waals surface area contributed by atoms with Crippen LogP contribution in [0.25, 0.3) is 0 Å². The van der Waals surface area contributed by atoms with E-state index in [-0.39, 0.29) is 22.3 Å². The van der Waals surface area contributed by atoms with E-state index in [2.05, 4.69) is 31.9 Å². The van der Waals surface area contributed by atoms with E-state index >= 15 is 0 Å². The molecule has 0 amide bonds. The van der Waals surface area contributed by atoms with E-state index < -0.39 is 66.2 Å². The lowest BCUT2D eigenvalue weighted by Gasteiger charge is -2.25. The molecule has 0 saturated carbocycles. The van der Waals surface area contributed by atoms with Gasteiger partial charge in [0.1, 0.15) is 12.7 Å². The van der Waals surface area contributed by atoms with E-state index in [4.69, 9.17) is 18.9 Å². The first kappa shape index (κ1) is 35.4. The standard InChI is InChI=1S/C37H26Br2N2O10/c38-26-15-11-22(12-16-26)32(43)41-29(42)19-20-40(37(41)47)33-31(51-36(46)24-9-5-2-6-10-24)30(50-35(45)23-7-3-1-4-8-23)28(49-33)21-48-34(44)25-13-17-27(39)18-14-25/h1-20,28,30-31,33H,21H2/t28-,30-,31+,33-/m0/s1. The average molecular weight is 818 g/mol. The minimum Gasteiger partial charge on any atom is -0.459 e. The van der Waals surface area contributed by atoms with Crippen molar-refractivity contribution in [2.75, 3.05) is 6.61 Å². The Morgan fingerprint density at radius 2 is 1.10 bits per heavy atom. The number of carbonyl (C=O) groups excluding carboxylic acids is 4. The SMILES string of the molecule is O=C(OC[C@@H]1O[C@H](n2ccc(=O)n(C(=O)c3ccc(Br)cc3)c2=O)[C@H](OC(=O)c2ccccc2)[C@H]1OC(=O)c1ccccc1)c1ccc(Br)cc1. The molecular weight excluding hydrogens is 792 g/mol. The van der Waals surface area contributed by atoms with E-state index in [0.29, 0.717) is 9.04 Å². The van der Waals surface area contributed by atoms with Crippen LogP contribution in [-0.2, 0) is 18.9 Å². The summed E-state index contributed by atoms with van der Waals surface area (Å²) >= 11 is 6.60. The van der Waals surface area contributed by atoms with Gasteiger partial charge in [-0.3, -0.25) is 14.2 Å². The van der Waals surface area contributed by atoms with Crippen molar-refractivity contribution in [1.82, 2.24) is 9.13 Å². The molecule has 0 radical (unpaired) electrons. The van der Waals surface area contributed by atoms with Gasteiger partial charge < -0.3 is 18.9 Å². The molecule has 12 nitrogen and oxygen atoms in total. The van der Waals surface area contributed by atoms with Gasteiger partial charge in [0.2, 0.25) is 0 Å². The van der Waals surface area contributed by atoms with Crippen molar-refractivity contribution in [2.45, 2.75) is 24.5 Å². The zero-order valence-corrected chi connectivity index (χ0v) is 29.5. The van der Waals surface area contributed by atoms with Gasteiger partial charge in [0, 0.05) is 26.8 Å². The molecule has 1 aliphatic rings. The molecule has 4 atom stereocenters. The smallest absolute Gasteiger partial charge is 0.340 e. The summed E-state index contributed by atoms with van der Waals surface area (Å²) in [5.74, 6) is -3.33. The summed E-state index contributed by atoms with van der Waals surface area (Å²) in [6.07, 6.45) is -4.79. The fourth-order valence-electron chi connectivity index (χ4n) is 5.29. The molecule has 14 heteroatoms. The summed E-state index contributed by atoms with van der Waals surface area (Å²) in [6, 6.07) is 29.3. The van der Waals surface area contributed by atoms with Crippen LogP contribution in [0.1, 0.15) is 47.7 Å². The van der Waals surface area contributed by atoms with Crippen LogP contribution in [0, 0.1) is 0 Å². The maximum Gasteiger partial charge on any atom is 0.340 e. The topological polar surface area (TPSA) is 149 Å². The number of benzene rings is 4. The quantitative estimate of drug-likeness (QED) is 0.139. The minimum absolute atomic E-state index is 0.0435. The van der Waals surface area contributed by atoms with E-state index in [1.807, 2.05) is 0 Å². The highest BCUT2D eigenvalue weighted by Gasteiger charge is 2.52. The molecule has 0 spiro atoms. The molecule has 6 rings (SSSR count). The highest BCUT2D eigenvalue weighted by molar-refractivity contribution is 9.10. The number of carbonyl (C=O) groups is 4. The van der Waals surface area contributed by atoms with Gasteiger partial charge in [0.05, 0.1) is 16.7 Å². The highest BCUT2D eigenvalue weighted by atomic mass is 79.9. The number of aromatic nitrogens is 2. The summed E-state index contributed by atoms with van der Waals surface area (Å²) in [7, 11) is 0. The first-order valence-corrected chi connectivity index (χ1v) is 16.9. The summed E-state index contributed by atoms with van der Waals surface area (Å²) < 4.78 is 26.3. The van der Waals surface area contributed by atoms with Crippen LogP contribution >= 0.6 is 31.9 Å². The molecule has 4 aromatic carbocycles. The lowest BCUT2D eigenvalue weighted by Crippen LogP contribution is -2.47. The minimum atomic E-state index is -1.57. The Labute approximate surface area is 306 Å². The van der Waals surface area contributed by atoms with E-state index in [0.717, 1.165) is 21.3 Å². The van der Waals surface area contributed by atoms with Crippen molar-refractivity contribution in [3.63, 3.8) is 0 Å². The number of ether oxygens (including phenoxy) is 4. The highest BCUT2D eigenvalue weighted by Crippen LogP contribution is 2.35. The maximum absolute atomic E-state index is 14.0. The van der Waals surface area contributed by atoms with Crippen molar-refractivity contribution in [1.29, 1.82) is 0 Å². The molecular formula is C37H26Br2N2O10. The van der Waals surface area contributed by atoms with Gasteiger partial charge in [0.25, 0.3) is 11.5 Å². The number of nitrogens with zero attached hydrogens (tertiary/aromatic N) is 2. The first-order chi connectivity index (χ1) is 24.6. The molecule has 1 fully saturated rings. The maximum atomic E-state index is 14.0. The molecule has 258 valence electrons. The van der Waals surface area contributed by atoms with Gasteiger partial charge >= 0.3 is 23.6 Å². The molecule has 0 unspecified atom stereocenters. The first-order valence-electron chi connectivity index (χ1n) is 15.4. The van der Waals surface area contributed by atoms with E-state index in [1.165, 1.54) is 48.5 Å². The molecule has 0 aliphatic carbocycles. The third-order valence-corrected chi connectivity index (χ3v) is 8.89. The van der Waals surface area contributed by atoms with Crippen LogP contribution in [0.3, 0.4) is 0 Å². The molecule has 1 saturated heterocycles. The van der Waals surface area contributed by atoms with Crippen LogP contribution in [0.5, 0.6) is 0 Å². The normalized spacial score (nSPS) is 18.1. The molecule has 0 N–H and O–H groups in total. The summed E-state index contributed by atoms with van der Waals surface area (Å²) in [6.45, 7) is -0.510. The molecule has 0 bridgehead atoms. The molecule has 51 heavy (non-hydrogen) atoms. The van der Waals surface area contributed by atoms with Gasteiger partial charge in [-0.15, -0.1) is 0 Å². The second-order valence-corrected chi connectivity index (χ2v) is 13.0. The summed E-state index contributed by atoms with van der Waals surface area (Å²) in [5.41, 5.74) is -1.49. The predicted molar refractivity (Wildman–Crippen MR) is 188 cm³/mol. The van der Waals surface area contributed by atoms with Gasteiger partial charge in [-0.05, 0) is 72.8 Å². The molecule has 1 aliphatic heterocycles. The van der Waals surface area contributed by atoms with Gasteiger partial charge in [-0.2, -0.15) is 4.57 Å². The zero-order valence-electron chi connectivity index (χ0n) is 26.3. The molecule has 5 aromatic rings. The Balaban J connectivity index is 1.41. The van der Waals surface area contributed by atoms with Crippen molar-refractivity contribution < 1.29 is 38.1 Å². The van der Waals surface area contributed by atoms with E-state index in [9.17, 15) is 28.8 Å². The number of esters is 3. The fraction of sp³-hybridized carbons (Fsp3) is 0.135. The lowest BCUT2D eigenvalue weighted by molar-refractivity contribution is -0.0643. The number of rotatable bonds is 9. The largest absolute Gasteiger partial charge is 0.459 e. The van der Waals surface area contributed by atoms with Gasteiger partial charge in [-0.25, -0.2) is 19.2 Å².